The molecule has 2 nitrogen and oxygen atoms in total. The predicted octanol–water partition coefficient (Wildman–Crippen LogP) is 2.60. The number of rotatable bonds is 1. The van der Waals surface area contributed by atoms with Crippen LogP contribution in [0, 0.1) is 13.8 Å². The van der Waals surface area contributed by atoms with E-state index in [-0.39, 0.29) is 0 Å². The molecule has 13 heavy (non-hydrogen) atoms. The minimum Gasteiger partial charge on any atom is -0.386 e. The number of hydrogen-bond acceptors (Lipinski definition) is 1. The smallest absolute Gasteiger partial charge is 0.0685 e. The third kappa shape index (κ3) is 1.18. The lowest BCUT2D eigenvalue weighted by atomic mass is 10.2. The van der Waals surface area contributed by atoms with Crippen LogP contribution in [0.4, 0.5) is 5.69 Å². The second-order valence-corrected chi connectivity index (χ2v) is 3.41. The fraction of sp³-hybridized carbons (Fsp3) is 0.273. The fourth-order valence-corrected chi connectivity index (χ4v) is 1.68. The predicted molar refractivity (Wildman–Crippen MR) is 56.4 cm³/mol. The van der Waals surface area contributed by atoms with Crippen LogP contribution in [0.1, 0.15) is 11.3 Å². The highest BCUT2D eigenvalue weighted by molar-refractivity contribution is 5.73. The molecule has 0 unspecified atom stereocenters. The van der Waals surface area contributed by atoms with E-state index in [4.69, 9.17) is 0 Å². The van der Waals surface area contributed by atoms with Gasteiger partial charge in [0.15, 0.2) is 0 Å². The van der Waals surface area contributed by atoms with E-state index in [1.54, 1.807) is 0 Å². The zero-order chi connectivity index (χ0) is 9.42. The van der Waals surface area contributed by atoms with Crippen LogP contribution in [-0.4, -0.2) is 11.4 Å². The Labute approximate surface area is 78.2 Å². The SMILES string of the molecule is CNc1cc(C)cn2c(C)ccc12. The molecule has 0 radical (unpaired) electrons. The summed E-state index contributed by atoms with van der Waals surface area (Å²) in [4.78, 5) is 0. The van der Waals surface area contributed by atoms with Crippen LogP contribution in [0.3, 0.4) is 0 Å². The van der Waals surface area contributed by atoms with Gasteiger partial charge in [-0.3, -0.25) is 0 Å². The lowest BCUT2D eigenvalue weighted by Gasteiger charge is -2.06. The molecule has 0 aliphatic heterocycles. The molecule has 0 aliphatic rings. The molecule has 0 fully saturated rings. The van der Waals surface area contributed by atoms with Crippen molar-refractivity contribution in [1.82, 2.24) is 4.40 Å². The molecule has 0 aromatic carbocycles. The zero-order valence-electron chi connectivity index (χ0n) is 8.26. The Kier molecular flexibility index (Phi) is 1.76. The van der Waals surface area contributed by atoms with Crippen LogP contribution in [0.25, 0.3) is 5.52 Å². The average molecular weight is 174 g/mol. The molecule has 2 heterocycles. The highest BCUT2D eigenvalue weighted by Gasteiger charge is 2.02. The summed E-state index contributed by atoms with van der Waals surface area (Å²) < 4.78 is 2.21. The van der Waals surface area contributed by atoms with Gasteiger partial charge in [-0.2, -0.15) is 0 Å². The third-order valence-corrected chi connectivity index (χ3v) is 2.37. The van der Waals surface area contributed by atoms with E-state index < -0.39 is 0 Å². The molecule has 0 atom stereocenters. The number of anilines is 1. The molecule has 2 aromatic rings. The van der Waals surface area contributed by atoms with Crippen molar-refractivity contribution in [3.63, 3.8) is 0 Å². The van der Waals surface area contributed by atoms with Gasteiger partial charge >= 0.3 is 0 Å². The molecule has 2 aromatic heterocycles. The number of aryl methyl sites for hydroxylation is 2. The summed E-state index contributed by atoms with van der Waals surface area (Å²) in [5, 5.41) is 3.20. The first-order valence-corrected chi connectivity index (χ1v) is 4.48. The van der Waals surface area contributed by atoms with Crippen LogP contribution in [0.5, 0.6) is 0 Å². The molecule has 0 saturated carbocycles. The molecule has 0 spiro atoms. The van der Waals surface area contributed by atoms with E-state index in [0.717, 1.165) is 0 Å². The maximum absolute atomic E-state index is 3.20. The minimum atomic E-state index is 1.19. The van der Waals surface area contributed by atoms with Crippen molar-refractivity contribution >= 4 is 11.2 Å². The quantitative estimate of drug-likeness (QED) is 0.703. The zero-order valence-corrected chi connectivity index (χ0v) is 8.26. The van der Waals surface area contributed by atoms with Crippen LogP contribution < -0.4 is 5.32 Å². The molecule has 2 heteroatoms. The Hall–Kier alpha value is -1.44. The van der Waals surface area contributed by atoms with Gasteiger partial charge in [0, 0.05) is 18.9 Å². The molecular weight excluding hydrogens is 160 g/mol. The summed E-state index contributed by atoms with van der Waals surface area (Å²) in [5.41, 5.74) is 4.98. The number of nitrogens with zero attached hydrogens (tertiary/aromatic N) is 1. The molecule has 1 N–H and O–H groups in total. The number of aromatic nitrogens is 1. The lowest BCUT2D eigenvalue weighted by Crippen LogP contribution is -1.95. The second kappa shape index (κ2) is 2.80. The van der Waals surface area contributed by atoms with Gasteiger partial charge in [-0.05, 0) is 37.6 Å². The van der Waals surface area contributed by atoms with E-state index in [9.17, 15) is 0 Å². The third-order valence-electron chi connectivity index (χ3n) is 2.37. The lowest BCUT2D eigenvalue weighted by molar-refractivity contribution is 1.09. The van der Waals surface area contributed by atoms with Crippen LogP contribution in [0.15, 0.2) is 24.4 Å². The van der Waals surface area contributed by atoms with Crippen molar-refractivity contribution < 1.29 is 0 Å². The van der Waals surface area contributed by atoms with Crippen molar-refractivity contribution in [2.45, 2.75) is 13.8 Å². The maximum atomic E-state index is 3.20. The van der Waals surface area contributed by atoms with Crippen molar-refractivity contribution in [1.29, 1.82) is 0 Å². The van der Waals surface area contributed by atoms with Crippen molar-refractivity contribution in [2.75, 3.05) is 12.4 Å². The Balaban J connectivity index is 2.84. The van der Waals surface area contributed by atoms with Gasteiger partial charge in [-0.25, -0.2) is 0 Å². The molecule has 0 amide bonds. The Morgan fingerprint density at radius 3 is 2.69 bits per heavy atom. The van der Waals surface area contributed by atoms with Gasteiger partial charge < -0.3 is 9.72 Å². The summed E-state index contributed by atoms with van der Waals surface area (Å²) in [5.74, 6) is 0. The highest BCUT2D eigenvalue weighted by Crippen LogP contribution is 2.20. The molecule has 0 aliphatic carbocycles. The van der Waals surface area contributed by atoms with Gasteiger partial charge in [0.2, 0.25) is 0 Å². The van der Waals surface area contributed by atoms with Gasteiger partial charge in [-0.1, -0.05) is 0 Å². The topological polar surface area (TPSA) is 16.4 Å². The van der Waals surface area contributed by atoms with Crippen molar-refractivity contribution in [3.8, 4) is 0 Å². The monoisotopic (exact) mass is 174 g/mol. The molecular formula is C11H14N2. The van der Waals surface area contributed by atoms with E-state index >= 15 is 0 Å². The van der Waals surface area contributed by atoms with Gasteiger partial charge in [-0.15, -0.1) is 0 Å². The highest BCUT2D eigenvalue weighted by atomic mass is 14.9. The van der Waals surface area contributed by atoms with Gasteiger partial charge in [0.25, 0.3) is 0 Å². The van der Waals surface area contributed by atoms with E-state index in [1.807, 2.05) is 7.05 Å². The fourth-order valence-electron chi connectivity index (χ4n) is 1.68. The Morgan fingerprint density at radius 1 is 1.23 bits per heavy atom. The first kappa shape index (κ1) is 8.17. The second-order valence-electron chi connectivity index (χ2n) is 3.41. The summed E-state index contributed by atoms with van der Waals surface area (Å²) in [7, 11) is 1.96. The molecule has 0 saturated heterocycles. The first-order chi connectivity index (χ1) is 6.22. The average Bonchev–Trinajstić information content (AvgIpc) is 2.47. The normalized spacial score (nSPS) is 10.7. The summed E-state index contributed by atoms with van der Waals surface area (Å²) >= 11 is 0. The Bertz CT molecular complexity index is 441. The Morgan fingerprint density at radius 2 is 2.00 bits per heavy atom. The standard InChI is InChI=1S/C11H14N2/c1-8-6-10(12-3)11-5-4-9(2)13(11)7-8/h4-7,12H,1-3H3. The van der Waals surface area contributed by atoms with Gasteiger partial charge in [0.05, 0.1) is 11.2 Å². The van der Waals surface area contributed by atoms with Crippen LogP contribution >= 0.6 is 0 Å². The summed E-state index contributed by atoms with van der Waals surface area (Å²) in [6.07, 6.45) is 2.16. The number of nitrogens with one attached hydrogen (secondary N) is 1. The largest absolute Gasteiger partial charge is 0.386 e. The van der Waals surface area contributed by atoms with Crippen molar-refractivity contribution in [2.24, 2.45) is 0 Å². The number of fused-ring (bicyclic) bond motifs is 1. The van der Waals surface area contributed by atoms with E-state index in [0.29, 0.717) is 0 Å². The molecule has 0 bridgehead atoms. The van der Waals surface area contributed by atoms with Crippen LogP contribution in [-0.2, 0) is 0 Å². The maximum Gasteiger partial charge on any atom is 0.0685 e. The van der Waals surface area contributed by atoms with Crippen LogP contribution in [0.2, 0.25) is 0 Å². The van der Waals surface area contributed by atoms with Gasteiger partial charge in [0.1, 0.15) is 0 Å². The van der Waals surface area contributed by atoms with E-state index in [2.05, 4.69) is 48.0 Å². The molecule has 68 valence electrons. The summed E-state index contributed by atoms with van der Waals surface area (Å²) in [6, 6.07) is 6.44. The number of pyridine rings is 1. The minimum absolute atomic E-state index is 1.19. The first-order valence-electron chi connectivity index (χ1n) is 4.48. The van der Waals surface area contributed by atoms with Crippen molar-refractivity contribution in [3.05, 3.63) is 35.7 Å². The summed E-state index contributed by atoms with van der Waals surface area (Å²) in [6.45, 7) is 4.23. The molecule has 2 rings (SSSR count). The van der Waals surface area contributed by atoms with E-state index in [1.165, 1.54) is 22.5 Å². The number of hydrogen-bond donors (Lipinski definition) is 1.